The third-order valence-corrected chi connectivity index (χ3v) is 4.14. The Balaban J connectivity index is 1.66. The minimum Gasteiger partial charge on any atom is -0.444 e. The number of nitrogens with one attached hydrogen (secondary N) is 1. The van der Waals surface area contributed by atoms with Gasteiger partial charge in [-0.3, -0.25) is 0 Å². The van der Waals surface area contributed by atoms with Gasteiger partial charge in [-0.15, -0.1) is 0 Å². The number of aryl methyl sites for hydroxylation is 1. The molecule has 1 saturated heterocycles. The molecule has 7 nitrogen and oxygen atoms in total. The van der Waals surface area contributed by atoms with Crippen LogP contribution in [0.5, 0.6) is 0 Å². The van der Waals surface area contributed by atoms with E-state index in [-0.39, 0.29) is 12.1 Å². The molecule has 0 spiro atoms. The molecule has 2 aliphatic rings. The van der Waals surface area contributed by atoms with E-state index in [1.165, 1.54) is 5.56 Å². The predicted molar refractivity (Wildman–Crippen MR) is 88.5 cm³/mol. The highest BCUT2D eigenvalue weighted by Gasteiger charge is 2.30. The van der Waals surface area contributed by atoms with Crippen molar-refractivity contribution in [2.24, 2.45) is 0 Å². The highest BCUT2D eigenvalue weighted by atomic mass is 16.6. The first-order chi connectivity index (χ1) is 10.8. The number of nitrogen functional groups attached to an aromatic ring is 1. The molecule has 0 bridgehead atoms. The summed E-state index contributed by atoms with van der Waals surface area (Å²) in [5, 5.41) is 2.94. The number of ether oxygens (including phenoxy) is 1. The molecule has 7 heteroatoms. The summed E-state index contributed by atoms with van der Waals surface area (Å²) in [5.74, 6) is 1.28. The Morgan fingerprint density at radius 2 is 2.13 bits per heavy atom. The van der Waals surface area contributed by atoms with Crippen molar-refractivity contribution >= 4 is 17.9 Å². The maximum atomic E-state index is 11.9. The number of rotatable bonds is 2. The fraction of sp³-hybridized carbons (Fsp3) is 0.688. The molecule has 1 atom stereocenters. The van der Waals surface area contributed by atoms with Crippen LogP contribution in [-0.4, -0.2) is 40.8 Å². The summed E-state index contributed by atoms with van der Waals surface area (Å²) in [6, 6.07) is 0.0677. The number of nitrogens with two attached hydrogens (primary N) is 1. The van der Waals surface area contributed by atoms with Gasteiger partial charge in [0.05, 0.1) is 11.7 Å². The fourth-order valence-corrected chi connectivity index (χ4v) is 3.24. The van der Waals surface area contributed by atoms with Crippen LogP contribution in [-0.2, 0) is 17.6 Å². The van der Waals surface area contributed by atoms with Gasteiger partial charge in [-0.2, -0.15) is 4.98 Å². The number of nitrogens with zero attached hydrogens (tertiary/aromatic N) is 3. The molecule has 2 heterocycles. The average molecular weight is 319 g/mol. The summed E-state index contributed by atoms with van der Waals surface area (Å²) < 4.78 is 5.32. The van der Waals surface area contributed by atoms with E-state index in [1.807, 2.05) is 20.8 Å². The van der Waals surface area contributed by atoms with Crippen molar-refractivity contribution in [3.05, 3.63) is 11.3 Å². The summed E-state index contributed by atoms with van der Waals surface area (Å²) in [6.45, 7) is 7.16. The van der Waals surface area contributed by atoms with Gasteiger partial charge < -0.3 is 20.7 Å². The molecule has 1 aliphatic heterocycles. The fourth-order valence-electron chi connectivity index (χ4n) is 3.24. The lowest BCUT2D eigenvalue weighted by Crippen LogP contribution is -2.40. The van der Waals surface area contributed by atoms with E-state index in [4.69, 9.17) is 10.5 Å². The molecule has 1 fully saturated rings. The number of amides is 1. The quantitative estimate of drug-likeness (QED) is 0.861. The third-order valence-electron chi connectivity index (χ3n) is 4.14. The molecule has 1 unspecified atom stereocenters. The summed E-state index contributed by atoms with van der Waals surface area (Å²) in [6.07, 6.45) is 3.59. The van der Waals surface area contributed by atoms with Crippen molar-refractivity contribution in [3.8, 4) is 0 Å². The molecule has 0 aromatic carbocycles. The van der Waals surface area contributed by atoms with E-state index in [0.717, 1.165) is 50.3 Å². The molecular formula is C16H25N5O2. The standard InChI is InChI=1S/C16H25N5O2/c1-16(2,3)23-15(22)18-10-7-8-21(9-10)13-11-5-4-6-12(11)19-14(17)20-13/h10H,4-9H2,1-3H3,(H,18,22)(H2,17,19,20). The van der Waals surface area contributed by atoms with Gasteiger partial charge in [0.25, 0.3) is 0 Å². The van der Waals surface area contributed by atoms with Gasteiger partial charge in [0.2, 0.25) is 5.95 Å². The van der Waals surface area contributed by atoms with E-state index in [2.05, 4.69) is 20.2 Å². The lowest BCUT2D eigenvalue weighted by atomic mass is 10.2. The molecule has 1 amide bonds. The smallest absolute Gasteiger partial charge is 0.407 e. The first kappa shape index (κ1) is 15.8. The zero-order chi connectivity index (χ0) is 16.6. The van der Waals surface area contributed by atoms with E-state index >= 15 is 0 Å². The van der Waals surface area contributed by atoms with Gasteiger partial charge >= 0.3 is 6.09 Å². The van der Waals surface area contributed by atoms with Gasteiger partial charge in [0.1, 0.15) is 11.4 Å². The van der Waals surface area contributed by atoms with Crippen LogP contribution >= 0.6 is 0 Å². The van der Waals surface area contributed by atoms with E-state index in [9.17, 15) is 4.79 Å². The van der Waals surface area contributed by atoms with Crippen LogP contribution in [0.15, 0.2) is 0 Å². The monoisotopic (exact) mass is 319 g/mol. The Morgan fingerprint density at radius 1 is 1.35 bits per heavy atom. The number of carbonyl (C=O) groups excluding carboxylic acids is 1. The molecular weight excluding hydrogens is 294 g/mol. The van der Waals surface area contributed by atoms with Gasteiger partial charge in [-0.1, -0.05) is 0 Å². The topological polar surface area (TPSA) is 93.4 Å². The van der Waals surface area contributed by atoms with Crippen LogP contribution in [0.1, 0.15) is 44.9 Å². The van der Waals surface area contributed by atoms with Gasteiger partial charge in [0, 0.05) is 18.7 Å². The minimum atomic E-state index is -0.482. The van der Waals surface area contributed by atoms with Crippen LogP contribution in [0.2, 0.25) is 0 Å². The largest absolute Gasteiger partial charge is 0.444 e. The van der Waals surface area contributed by atoms with Gasteiger partial charge in [-0.25, -0.2) is 9.78 Å². The normalized spacial score (nSPS) is 20.5. The van der Waals surface area contributed by atoms with Crippen LogP contribution < -0.4 is 16.0 Å². The molecule has 1 aromatic rings. The SMILES string of the molecule is CC(C)(C)OC(=O)NC1CCN(c2nc(N)nc3c2CCC3)C1. The van der Waals surface area contributed by atoms with Crippen molar-refractivity contribution in [2.75, 3.05) is 23.7 Å². The first-order valence-corrected chi connectivity index (χ1v) is 8.21. The predicted octanol–water partition coefficient (Wildman–Crippen LogP) is 1.65. The highest BCUT2D eigenvalue weighted by Crippen LogP contribution is 2.31. The molecule has 0 radical (unpaired) electrons. The van der Waals surface area contributed by atoms with E-state index in [1.54, 1.807) is 0 Å². The second kappa shape index (κ2) is 5.86. The zero-order valence-electron chi connectivity index (χ0n) is 14.1. The van der Waals surface area contributed by atoms with Gasteiger partial charge in [0.15, 0.2) is 0 Å². The highest BCUT2D eigenvalue weighted by molar-refractivity contribution is 5.68. The summed E-state index contributed by atoms with van der Waals surface area (Å²) in [5.41, 5.74) is 7.66. The van der Waals surface area contributed by atoms with Crippen molar-refractivity contribution in [2.45, 2.75) is 58.1 Å². The van der Waals surface area contributed by atoms with Crippen molar-refractivity contribution < 1.29 is 9.53 Å². The van der Waals surface area contributed by atoms with E-state index < -0.39 is 5.60 Å². The molecule has 3 N–H and O–H groups in total. The summed E-state index contributed by atoms with van der Waals surface area (Å²) in [4.78, 5) is 22.9. The van der Waals surface area contributed by atoms with Crippen molar-refractivity contribution in [1.82, 2.24) is 15.3 Å². The second-order valence-electron chi connectivity index (χ2n) is 7.26. The first-order valence-electron chi connectivity index (χ1n) is 8.21. The van der Waals surface area contributed by atoms with E-state index in [0.29, 0.717) is 5.95 Å². The Morgan fingerprint density at radius 3 is 2.87 bits per heavy atom. The van der Waals surface area contributed by atoms with Crippen molar-refractivity contribution in [3.63, 3.8) is 0 Å². The lowest BCUT2D eigenvalue weighted by Gasteiger charge is -2.23. The number of aromatic nitrogens is 2. The van der Waals surface area contributed by atoms with Gasteiger partial charge in [-0.05, 0) is 46.5 Å². The molecule has 1 aromatic heterocycles. The third kappa shape index (κ3) is 3.65. The molecule has 3 rings (SSSR count). The summed E-state index contributed by atoms with van der Waals surface area (Å²) >= 11 is 0. The maximum Gasteiger partial charge on any atom is 0.407 e. The summed E-state index contributed by atoms with van der Waals surface area (Å²) in [7, 11) is 0. The van der Waals surface area contributed by atoms with Crippen LogP contribution in [0.3, 0.4) is 0 Å². The molecule has 126 valence electrons. The number of hydrogen-bond donors (Lipinski definition) is 2. The number of carbonyl (C=O) groups is 1. The maximum absolute atomic E-state index is 11.9. The number of hydrogen-bond acceptors (Lipinski definition) is 6. The molecule has 1 aliphatic carbocycles. The lowest BCUT2D eigenvalue weighted by molar-refractivity contribution is 0.0509. The number of fused-ring (bicyclic) bond motifs is 1. The Bertz CT molecular complexity index is 611. The Labute approximate surface area is 136 Å². The van der Waals surface area contributed by atoms with Crippen LogP contribution in [0, 0.1) is 0 Å². The van der Waals surface area contributed by atoms with Crippen LogP contribution in [0.25, 0.3) is 0 Å². The Hall–Kier alpha value is -2.05. The number of alkyl carbamates (subject to hydrolysis) is 1. The molecule has 0 saturated carbocycles. The van der Waals surface area contributed by atoms with Crippen LogP contribution in [0.4, 0.5) is 16.6 Å². The zero-order valence-corrected chi connectivity index (χ0v) is 14.1. The minimum absolute atomic E-state index is 0.0677. The average Bonchev–Trinajstić information content (AvgIpc) is 3.03. The second-order valence-corrected chi connectivity index (χ2v) is 7.26. The number of anilines is 2. The van der Waals surface area contributed by atoms with Crippen molar-refractivity contribution in [1.29, 1.82) is 0 Å². The Kier molecular flexibility index (Phi) is 4.04. The molecule has 23 heavy (non-hydrogen) atoms.